The number of aromatic nitrogens is 1. The van der Waals surface area contributed by atoms with Crippen molar-refractivity contribution in [3.8, 4) is 0 Å². The fourth-order valence-corrected chi connectivity index (χ4v) is 1.87. The van der Waals surface area contributed by atoms with Crippen molar-refractivity contribution in [3.63, 3.8) is 0 Å². The predicted octanol–water partition coefficient (Wildman–Crippen LogP) is 1.78. The maximum Gasteiger partial charge on any atom is 0.300 e. The van der Waals surface area contributed by atoms with Gasteiger partial charge in [-0.25, -0.2) is 4.98 Å². The first kappa shape index (κ1) is 16.3. The number of aliphatic hydroxyl groups excluding tert-OH is 1. The van der Waals surface area contributed by atoms with Crippen LogP contribution in [0.15, 0.2) is 12.3 Å². The number of nitrogens with one attached hydrogen (secondary N) is 1. The lowest BCUT2D eigenvalue weighted by Gasteiger charge is -2.14. The Morgan fingerprint density at radius 3 is 2.90 bits per heavy atom. The van der Waals surface area contributed by atoms with E-state index in [1.807, 2.05) is 6.92 Å². The predicted molar refractivity (Wildman–Crippen MR) is 73.7 cm³/mol. The number of pyridine rings is 1. The summed E-state index contributed by atoms with van der Waals surface area (Å²) in [6.07, 6.45) is 2.32. The van der Waals surface area contributed by atoms with Gasteiger partial charge in [-0.3, -0.25) is 14.9 Å². The molecule has 0 aliphatic heterocycles. The summed E-state index contributed by atoms with van der Waals surface area (Å²) in [7, 11) is 0. The normalized spacial score (nSPS) is 11.9. The number of halogens is 1. The molecule has 0 fully saturated rings. The minimum atomic E-state index is -0.677. The van der Waals surface area contributed by atoms with E-state index in [1.54, 1.807) is 0 Å². The second-order valence-corrected chi connectivity index (χ2v) is 4.67. The molecule has 0 aromatic carbocycles. The van der Waals surface area contributed by atoms with Crippen LogP contribution in [0.1, 0.15) is 30.1 Å². The van der Waals surface area contributed by atoms with Gasteiger partial charge in [0, 0.05) is 13.2 Å². The van der Waals surface area contributed by atoms with Crippen LogP contribution in [-0.2, 0) is 0 Å². The summed E-state index contributed by atoms with van der Waals surface area (Å²) < 4.78 is 0. The number of rotatable bonds is 7. The Hall–Kier alpha value is -1.73. The topological polar surface area (TPSA) is 105 Å². The number of nitro groups is 1. The second-order valence-electron chi connectivity index (χ2n) is 4.28. The molecule has 1 amide bonds. The summed E-state index contributed by atoms with van der Waals surface area (Å²) in [4.78, 5) is 25.7. The van der Waals surface area contributed by atoms with Crippen molar-refractivity contribution in [1.29, 1.82) is 0 Å². The van der Waals surface area contributed by atoms with Crippen molar-refractivity contribution in [2.75, 3.05) is 13.2 Å². The Morgan fingerprint density at radius 2 is 2.35 bits per heavy atom. The first-order valence-corrected chi connectivity index (χ1v) is 6.56. The highest BCUT2D eigenvalue weighted by molar-refractivity contribution is 6.29. The van der Waals surface area contributed by atoms with E-state index >= 15 is 0 Å². The van der Waals surface area contributed by atoms with Crippen LogP contribution in [0.4, 0.5) is 5.69 Å². The zero-order valence-electron chi connectivity index (χ0n) is 11.0. The largest absolute Gasteiger partial charge is 0.396 e. The molecule has 7 nitrogen and oxygen atoms in total. The highest BCUT2D eigenvalue weighted by Gasteiger charge is 2.21. The number of amides is 1. The average molecular weight is 302 g/mol. The van der Waals surface area contributed by atoms with Crippen LogP contribution in [0, 0.1) is 16.0 Å². The lowest BCUT2D eigenvalue weighted by molar-refractivity contribution is -0.385. The highest BCUT2D eigenvalue weighted by Crippen LogP contribution is 2.20. The third kappa shape index (κ3) is 4.43. The Labute approximate surface area is 121 Å². The van der Waals surface area contributed by atoms with Gasteiger partial charge in [-0.15, -0.1) is 0 Å². The molecule has 1 aromatic rings. The van der Waals surface area contributed by atoms with E-state index in [4.69, 9.17) is 16.7 Å². The highest BCUT2D eigenvalue weighted by atomic mass is 35.5. The molecule has 0 aliphatic carbocycles. The Morgan fingerprint density at radius 1 is 1.65 bits per heavy atom. The number of aliphatic hydroxyl groups is 1. The summed E-state index contributed by atoms with van der Waals surface area (Å²) >= 11 is 5.66. The average Bonchev–Trinajstić information content (AvgIpc) is 2.42. The lowest BCUT2D eigenvalue weighted by atomic mass is 10.0. The van der Waals surface area contributed by atoms with E-state index in [-0.39, 0.29) is 28.9 Å². The first-order chi connectivity index (χ1) is 9.49. The number of nitrogens with zero attached hydrogens (tertiary/aromatic N) is 2. The molecule has 1 heterocycles. The van der Waals surface area contributed by atoms with E-state index in [1.165, 1.54) is 6.07 Å². The van der Waals surface area contributed by atoms with Gasteiger partial charge in [0.05, 0.1) is 4.92 Å². The van der Waals surface area contributed by atoms with Gasteiger partial charge < -0.3 is 10.4 Å². The van der Waals surface area contributed by atoms with Gasteiger partial charge in [-0.2, -0.15) is 0 Å². The fraction of sp³-hybridized carbons (Fsp3) is 0.500. The van der Waals surface area contributed by atoms with Crippen LogP contribution in [0.25, 0.3) is 0 Å². The molecule has 20 heavy (non-hydrogen) atoms. The van der Waals surface area contributed by atoms with Crippen molar-refractivity contribution in [2.24, 2.45) is 5.92 Å². The molecule has 0 radical (unpaired) electrons. The van der Waals surface area contributed by atoms with E-state index in [0.29, 0.717) is 13.0 Å². The molecule has 0 aliphatic rings. The molecule has 110 valence electrons. The molecule has 1 rings (SSSR count). The summed E-state index contributed by atoms with van der Waals surface area (Å²) in [5.74, 6) is -0.447. The maximum atomic E-state index is 12.0. The number of carbonyl (C=O) groups excluding carboxylic acids is 1. The molecule has 0 saturated heterocycles. The molecule has 0 bridgehead atoms. The van der Waals surface area contributed by atoms with E-state index < -0.39 is 10.8 Å². The second kappa shape index (κ2) is 7.76. The van der Waals surface area contributed by atoms with Gasteiger partial charge in [-0.1, -0.05) is 24.9 Å². The SMILES string of the molecule is CCC(CCO)CNC(=O)c1cc(Cl)ncc1[N+](=O)[O-]. The maximum absolute atomic E-state index is 12.0. The number of hydrogen-bond acceptors (Lipinski definition) is 5. The van der Waals surface area contributed by atoms with Gasteiger partial charge in [0.15, 0.2) is 0 Å². The van der Waals surface area contributed by atoms with Crippen molar-refractivity contribution < 1.29 is 14.8 Å². The molecule has 1 atom stereocenters. The van der Waals surface area contributed by atoms with Crippen molar-refractivity contribution >= 4 is 23.2 Å². The van der Waals surface area contributed by atoms with E-state index in [9.17, 15) is 14.9 Å². The molecular weight excluding hydrogens is 286 g/mol. The molecule has 8 heteroatoms. The first-order valence-electron chi connectivity index (χ1n) is 6.18. The minimum Gasteiger partial charge on any atom is -0.396 e. The molecule has 0 saturated carbocycles. The van der Waals surface area contributed by atoms with Crippen LogP contribution in [0.2, 0.25) is 5.15 Å². The van der Waals surface area contributed by atoms with E-state index in [0.717, 1.165) is 12.6 Å². The third-order valence-corrected chi connectivity index (χ3v) is 3.16. The summed E-state index contributed by atoms with van der Waals surface area (Å²) in [5, 5.41) is 22.4. The van der Waals surface area contributed by atoms with Gasteiger partial charge in [0.2, 0.25) is 0 Å². The Kier molecular flexibility index (Phi) is 6.33. The fourth-order valence-electron chi connectivity index (χ4n) is 1.72. The van der Waals surface area contributed by atoms with Gasteiger partial charge in [-0.05, 0) is 18.4 Å². The number of carbonyl (C=O) groups is 1. The summed E-state index contributed by atoms with van der Waals surface area (Å²) in [6, 6.07) is 1.17. The molecule has 0 spiro atoms. The van der Waals surface area contributed by atoms with Gasteiger partial charge in [0.25, 0.3) is 11.6 Å². The smallest absolute Gasteiger partial charge is 0.300 e. The molecule has 1 unspecified atom stereocenters. The van der Waals surface area contributed by atoms with Gasteiger partial charge >= 0.3 is 0 Å². The van der Waals surface area contributed by atoms with Crippen LogP contribution in [-0.4, -0.2) is 34.1 Å². The van der Waals surface area contributed by atoms with Crippen molar-refractivity contribution in [1.82, 2.24) is 10.3 Å². The van der Waals surface area contributed by atoms with E-state index in [2.05, 4.69) is 10.3 Å². The van der Waals surface area contributed by atoms with Gasteiger partial charge in [0.1, 0.15) is 16.9 Å². The monoisotopic (exact) mass is 301 g/mol. The molecule has 2 N–H and O–H groups in total. The Bertz CT molecular complexity index is 496. The standard InChI is InChI=1S/C12H16ClN3O4/c1-2-8(3-4-17)6-15-12(18)9-5-11(13)14-7-10(9)16(19)20/h5,7-8,17H,2-4,6H2,1H3,(H,15,18). The third-order valence-electron chi connectivity index (χ3n) is 2.96. The molecular formula is C12H16ClN3O4. The zero-order valence-corrected chi connectivity index (χ0v) is 11.8. The minimum absolute atomic E-state index is 0.0168. The van der Waals surface area contributed by atoms with Crippen molar-refractivity contribution in [3.05, 3.63) is 33.1 Å². The summed E-state index contributed by atoms with van der Waals surface area (Å²) in [6.45, 7) is 2.32. The quantitative estimate of drug-likeness (QED) is 0.454. The van der Waals surface area contributed by atoms with Crippen LogP contribution in [0.3, 0.4) is 0 Å². The summed E-state index contributed by atoms with van der Waals surface area (Å²) in [5.41, 5.74) is -0.504. The number of hydrogen-bond donors (Lipinski definition) is 2. The Balaban J connectivity index is 2.81. The van der Waals surface area contributed by atoms with Crippen LogP contribution >= 0.6 is 11.6 Å². The molecule has 1 aromatic heterocycles. The van der Waals surface area contributed by atoms with Crippen LogP contribution < -0.4 is 5.32 Å². The van der Waals surface area contributed by atoms with Crippen molar-refractivity contribution in [2.45, 2.75) is 19.8 Å². The van der Waals surface area contributed by atoms with Crippen LogP contribution in [0.5, 0.6) is 0 Å². The zero-order chi connectivity index (χ0) is 15.1. The lowest BCUT2D eigenvalue weighted by Crippen LogP contribution is -2.30.